The predicted octanol–water partition coefficient (Wildman–Crippen LogP) is 3.22. The molecule has 42 heavy (non-hydrogen) atoms. The molecule has 4 aromatic rings. The fourth-order valence-corrected chi connectivity index (χ4v) is 7.13. The Labute approximate surface area is 244 Å². The number of piperazine rings is 1. The van der Waals surface area contributed by atoms with Gasteiger partial charge in [0.05, 0.1) is 32.1 Å². The minimum atomic E-state index is -4.02. The van der Waals surface area contributed by atoms with Gasteiger partial charge in [-0.15, -0.1) is 0 Å². The van der Waals surface area contributed by atoms with Gasteiger partial charge in [-0.1, -0.05) is 6.07 Å². The highest BCUT2D eigenvalue weighted by atomic mass is 32.2. The highest BCUT2D eigenvalue weighted by Gasteiger charge is 2.28. The van der Waals surface area contributed by atoms with Gasteiger partial charge in [-0.3, -0.25) is 9.89 Å². The Balaban J connectivity index is 1.53. The number of sulfone groups is 1. The minimum Gasteiger partial charge on any atom is -0.382 e. The summed E-state index contributed by atoms with van der Waals surface area (Å²) in [6.45, 7) is 4.79. The molecule has 2 saturated heterocycles. The zero-order valence-corrected chi connectivity index (χ0v) is 24.2. The first kappa shape index (κ1) is 28.1. The normalized spacial score (nSPS) is 18.0. The van der Waals surface area contributed by atoms with E-state index in [-0.39, 0.29) is 15.8 Å². The Morgan fingerprint density at radius 1 is 1.10 bits per heavy atom. The number of nitrogens with two attached hydrogens (primary N) is 1. The maximum absolute atomic E-state index is 13.9. The first-order valence-electron chi connectivity index (χ1n) is 14.1. The number of aromatic nitrogens is 2. The molecule has 0 bridgehead atoms. The molecule has 220 valence electrons. The summed E-state index contributed by atoms with van der Waals surface area (Å²) in [5.74, 6) is -1.20. The van der Waals surface area contributed by atoms with Crippen LogP contribution in [0, 0.1) is 5.82 Å². The fourth-order valence-electron chi connectivity index (χ4n) is 5.81. The first-order valence-corrected chi connectivity index (χ1v) is 15.6. The van der Waals surface area contributed by atoms with Gasteiger partial charge in [0.2, 0.25) is 9.84 Å². The van der Waals surface area contributed by atoms with Crippen molar-refractivity contribution in [3.05, 3.63) is 66.0 Å². The van der Waals surface area contributed by atoms with Crippen LogP contribution in [0.25, 0.3) is 22.2 Å². The van der Waals surface area contributed by atoms with Gasteiger partial charge in [-0.2, -0.15) is 5.10 Å². The van der Waals surface area contributed by atoms with Gasteiger partial charge in [-0.05, 0) is 75.0 Å². The van der Waals surface area contributed by atoms with Crippen LogP contribution in [0.5, 0.6) is 0 Å². The lowest BCUT2D eigenvalue weighted by Gasteiger charge is -2.36. The molecule has 5 N–H and O–H groups in total. The SMILES string of the molecule is CN1CCN(c2ccc(C(N)=O)c(NCC3CCCN3)c2-c2n[nH]c3ccc(S(=O)(=O)c4cccc(F)c4)cc23)CC1. The number of H-pyrrole nitrogens is 1. The molecule has 0 aliphatic carbocycles. The van der Waals surface area contributed by atoms with Crippen molar-refractivity contribution in [1.29, 1.82) is 0 Å². The zero-order chi connectivity index (χ0) is 29.4. The van der Waals surface area contributed by atoms with Crippen LogP contribution in [-0.4, -0.2) is 81.8 Å². The number of likely N-dealkylation sites (N-methyl/N-ethyl adjacent to an activating group) is 1. The highest BCUT2D eigenvalue weighted by Crippen LogP contribution is 2.42. The molecule has 2 aliphatic rings. The summed E-state index contributed by atoms with van der Waals surface area (Å²) in [4.78, 5) is 17.1. The van der Waals surface area contributed by atoms with Crippen LogP contribution < -0.4 is 21.3 Å². The predicted molar refractivity (Wildman–Crippen MR) is 161 cm³/mol. The van der Waals surface area contributed by atoms with Crippen molar-refractivity contribution < 1.29 is 17.6 Å². The van der Waals surface area contributed by atoms with E-state index in [4.69, 9.17) is 5.73 Å². The second-order valence-corrected chi connectivity index (χ2v) is 12.9. The van der Waals surface area contributed by atoms with E-state index in [0.717, 1.165) is 57.3 Å². The first-order chi connectivity index (χ1) is 20.2. The Hall–Kier alpha value is -4.00. The summed E-state index contributed by atoms with van der Waals surface area (Å²) in [6.07, 6.45) is 2.09. The molecular formula is C30H34FN7O3S. The average Bonchev–Trinajstić information content (AvgIpc) is 3.66. The van der Waals surface area contributed by atoms with Crippen molar-refractivity contribution in [2.75, 3.05) is 56.5 Å². The van der Waals surface area contributed by atoms with Crippen molar-refractivity contribution in [3.8, 4) is 11.3 Å². The molecule has 1 atom stereocenters. The molecular weight excluding hydrogens is 557 g/mol. The largest absolute Gasteiger partial charge is 0.382 e. The number of primary amides is 1. The van der Waals surface area contributed by atoms with Gasteiger partial charge in [0, 0.05) is 49.8 Å². The van der Waals surface area contributed by atoms with Crippen molar-refractivity contribution in [3.63, 3.8) is 0 Å². The quantitative estimate of drug-likeness (QED) is 0.245. The van der Waals surface area contributed by atoms with E-state index in [9.17, 15) is 17.6 Å². The van der Waals surface area contributed by atoms with Crippen molar-refractivity contribution in [2.45, 2.75) is 28.7 Å². The standard InChI is InChI=1S/C30H34FN7O3S/c1-37-12-14-38(15-13-37)26-10-8-23(30(32)39)28(34-18-20-5-3-11-33-20)27(26)29-24-17-22(7-9-25(24)35-36-29)42(40,41)21-6-2-4-19(31)16-21/h2,4,6-10,16-17,20,33-34H,3,5,11-15,18H2,1H3,(H2,32,39)(H,35,36). The molecule has 2 aliphatic heterocycles. The molecule has 1 unspecified atom stereocenters. The number of aromatic amines is 1. The number of fused-ring (bicyclic) bond motifs is 1. The van der Waals surface area contributed by atoms with Crippen LogP contribution >= 0.6 is 0 Å². The number of carbonyl (C=O) groups is 1. The lowest BCUT2D eigenvalue weighted by Crippen LogP contribution is -2.44. The number of nitrogens with zero attached hydrogens (tertiary/aromatic N) is 3. The number of hydrogen-bond acceptors (Lipinski definition) is 8. The molecule has 0 radical (unpaired) electrons. The van der Waals surface area contributed by atoms with Crippen LogP contribution in [-0.2, 0) is 9.84 Å². The van der Waals surface area contributed by atoms with E-state index in [0.29, 0.717) is 40.0 Å². The molecule has 12 heteroatoms. The number of anilines is 2. The third-order valence-corrected chi connectivity index (χ3v) is 9.92. The summed E-state index contributed by atoms with van der Waals surface area (Å²) >= 11 is 0. The van der Waals surface area contributed by atoms with Crippen LogP contribution in [0.3, 0.4) is 0 Å². The number of rotatable bonds is 8. The topological polar surface area (TPSA) is 136 Å². The smallest absolute Gasteiger partial charge is 0.250 e. The maximum Gasteiger partial charge on any atom is 0.250 e. The van der Waals surface area contributed by atoms with E-state index >= 15 is 0 Å². The van der Waals surface area contributed by atoms with Gasteiger partial charge in [0.1, 0.15) is 11.5 Å². The lowest BCUT2D eigenvalue weighted by molar-refractivity contribution is 0.100. The summed E-state index contributed by atoms with van der Waals surface area (Å²) in [5, 5.41) is 15.2. The third kappa shape index (κ3) is 5.33. The molecule has 3 heterocycles. The molecule has 3 aromatic carbocycles. The summed E-state index contributed by atoms with van der Waals surface area (Å²) in [6, 6.07) is 13.5. The van der Waals surface area contributed by atoms with E-state index in [1.807, 2.05) is 6.07 Å². The van der Waals surface area contributed by atoms with Crippen molar-refractivity contribution >= 4 is 38.0 Å². The zero-order valence-electron chi connectivity index (χ0n) is 23.4. The van der Waals surface area contributed by atoms with E-state index in [1.165, 1.54) is 24.3 Å². The Kier molecular flexibility index (Phi) is 7.60. The monoisotopic (exact) mass is 591 g/mol. The molecule has 0 spiro atoms. The molecule has 1 aromatic heterocycles. The Morgan fingerprint density at radius 2 is 1.88 bits per heavy atom. The van der Waals surface area contributed by atoms with Crippen molar-refractivity contribution in [2.24, 2.45) is 5.73 Å². The molecule has 2 fully saturated rings. The van der Waals surface area contributed by atoms with Gasteiger partial charge in [0.25, 0.3) is 5.91 Å². The number of nitrogens with one attached hydrogen (secondary N) is 3. The maximum atomic E-state index is 13.9. The number of carbonyl (C=O) groups excluding carboxylic acids is 1. The molecule has 10 nitrogen and oxygen atoms in total. The lowest BCUT2D eigenvalue weighted by atomic mass is 9.97. The summed E-state index contributed by atoms with van der Waals surface area (Å²) < 4.78 is 41.0. The van der Waals surface area contributed by atoms with E-state index in [2.05, 4.69) is 37.7 Å². The second kappa shape index (κ2) is 11.3. The van der Waals surface area contributed by atoms with Gasteiger partial charge < -0.3 is 26.2 Å². The van der Waals surface area contributed by atoms with Crippen LogP contribution in [0.2, 0.25) is 0 Å². The minimum absolute atomic E-state index is 0.0140. The highest BCUT2D eigenvalue weighted by molar-refractivity contribution is 7.91. The fraction of sp³-hybridized carbons (Fsp3) is 0.333. The molecule has 0 saturated carbocycles. The van der Waals surface area contributed by atoms with Gasteiger partial charge >= 0.3 is 0 Å². The van der Waals surface area contributed by atoms with E-state index < -0.39 is 21.6 Å². The average molecular weight is 592 g/mol. The number of amides is 1. The molecule has 6 rings (SSSR count). The Bertz CT molecular complexity index is 1740. The van der Waals surface area contributed by atoms with E-state index in [1.54, 1.807) is 18.2 Å². The number of halogens is 1. The second-order valence-electron chi connectivity index (χ2n) is 11.0. The van der Waals surface area contributed by atoms with Crippen molar-refractivity contribution in [1.82, 2.24) is 20.4 Å². The number of hydrogen-bond donors (Lipinski definition) is 4. The number of benzene rings is 3. The van der Waals surface area contributed by atoms with Gasteiger partial charge in [-0.25, -0.2) is 12.8 Å². The van der Waals surface area contributed by atoms with Crippen LogP contribution in [0.15, 0.2) is 64.4 Å². The van der Waals surface area contributed by atoms with Crippen LogP contribution in [0.1, 0.15) is 23.2 Å². The summed E-state index contributed by atoms with van der Waals surface area (Å²) in [7, 11) is -1.93. The van der Waals surface area contributed by atoms with Gasteiger partial charge in [0.15, 0.2) is 0 Å². The molecule has 1 amide bonds. The summed E-state index contributed by atoms with van der Waals surface area (Å²) in [5.41, 5.74) is 9.47. The third-order valence-electron chi connectivity index (χ3n) is 8.17. The Morgan fingerprint density at radius 3 is 2.60 bits per heavy atom. The van der Waals surface area contributed by atoms with Crippen LogP contribution in [0.4, 0.5) is 15.8 Å².